The van der Waals surface area contributed by atoms with E-state index in [4.69, 9.17) is 4.74 Å². The van der Waals surface area contributed by atoms with Crippen molar-refractivity contribution in [1.29, 1.82) is 0 Å². The van der Waals surface area contributed by atoms with E-state index in [0.29, 0.717) is 19.0 Å². The fourth-order valence-electron chi connectivity index (χ4n) is 3.52. The lowest BCUT2D eigenvalue weighted by Gasteiger charge is -2.32. The van der Waals surface area contributed by atoms with E-state index in [0.717, 1.165) is 57.3 Å². The molecular formula is C18H28FIN4O. The molecule has 0 amide bonds. The van der Waals surface area contributed by atoms with Crippen LogP contribution in [0.5, 0.6) is 0 Å². The highest BCUT2D eigenvalue weighted by Gasteiger charge is 2.30. The Morgan fingerprint density at radius 1 is 1.28 bits per heavy atom. The molecule has 0 aliphatic carbocycles. The molecule has 1 aromatic carbocycles. The quantitative estimate of drug-likeness (QED) is 0.422. The summed E-state index contributed by atoms with van der Waals surface area (Å²) in [7, 11) is 1.81. The minimum absolute atomic E-state index is 0. The number of hydrogen-bond acceptors (Lipinski definition) is 3. The van der Waals surface area contributed by atoms with E-state index in [1.807, 2.05) is 19.2 Å². The summed E-state index contributed by atoms with van der Waals surface area (Å²) >= 11 is 0. The zero-order valence-electron chi connectivity index (χ0n) is 14.8. The lowest BCUT2D eigenvalue weighted by molar-refractivity contribution is 0.0195. The first kappa shape index (κ1) is 20.4. The monoisotopic (exact) mass is 462 g/mol. The normalized spacial score (nSPS) is 21.9. The van der Waals surface area contributed by atoms with Crippen LogP contribution in [0, 0.1) is 5.82 Å². The first-order valence-corrected chi connectivity index (χ1v) is 8.78. The second-order valence-electron chi connectivity index (χ2n) is 6.35. The van der Waals surface area contributed by atoms with Gasteiger partial charge < -0.3 is 15.0 Å². The van der Waals surface area contributed by atoms with Gasteiger partial charge in [0.05, 0.1) is 13.2 Å². The third-order valence-electron chi connectivity index (χ3n) is 4.87. The van der Waals surface area contributed by atoms with Crippen LogP contribution in [0.2, 0.25) is 0 Å². The third kappa shape index (κ3) is 5.52. The van der Waals surface area contributed by atoms with Gasteiger partial charge in [-0.1, -0.05) is 18.2 Å². The number of guanidine groups is 1. The lowest BCUT2D eigenvalue weighted by atomic mass is 10.1. The average molecular weight is 462 g/mol. The highest BCUT2D eigenvalue weighted by Crippen LogP contribution is 2.17. The Morgan fingerprint density at radius 2 is 2.04 bits per heavy atom. The first-order valence-electron chi connectivity index (χ1n) is 8.78. The molecule has 2 aliphatic rings. The minimum atomic E-state index is -0.136. The fourth-order valence-corrected chi connectivity index (χ4v) is 3.52. The number of likely N-dealkylation sites (tertiary alicyclic amines) is 1. The molecule has 25 heavy (non-hydrogen) atoms. The molecule has 3 rings (SSSR count). The second kappa shape index (κ2) is 10.3. The van der Waals surface area contributed by atoms with Crippen molar-refractivity contribution in [3.8, 4) is 0 Å². The predicted molar refractivity (Wildman–Crippen MR) is 109 cm³/mol. The molecule has 0 radical (unpaired) electrons. The van der Waals surface area contributed by atoms with Crippen molar-refractivity contribution in [3.05, 3.63) is 35.6 Å². The van der Waals surface area contributed by atoms with Crippen LogP contribution in [0.4, 0.5) is 4.39 Å². The fraction of sp³-hybridized carbons (Fsp3) is 0.611. The minimum Gasteiger partial charge on any atom is -0.379 e. The molecule has 0 spiro atoms. The molecule has 5 nitrogen and oxygen atoms in total. The van der Waals surface area contributed by atoms with Crippen LogP contribution >= 0.6 is 24.0 Å². The van der Waals surface area contributed by atoms with Gasteiger partial charge in [-0.15, -0.1) is 24.0 Å². The maximum atomic E-state index is 13.7. The van der Waals surface area contributed by atoms with Gasteiger partial charge in [-0.25, -0.2) is 4.39 Å². The van der Waals surface area contributed by atoms with Crippen LogP contribution in [0.15, 0.2) is 29.3 Å². The van der Waals surface area contributed by atoms with Crippen molar-refractivity contribution in [3.63, 3.8) is 0 Å². The summed E-state index contributed by atoms with van der Waals surface area (Å²) in [6.45, 7) is 6.43. The summed E-state index contributed by atoms with van der Waals surface area (Å²) in [5.74, 6) is 0.782. The van der Waals surface area contributed by atoms with E-state index in [9.17, 15) is 4.39 Å². The highest BCUT2D eigenvalue weighted by molar-refractivity contribution is 14.0. The molecule has 1 unspecified atom stereocenters. The molecule has 0 aromatic heterocycles. The van der Waals surface area contributed by atoms with Gasteiger partial charge >= 0.3 is 0 Å². The van der Waals surface area contributed by atoms with Crippen LogP contribution in [-0.2, 0) is 11.2 Å². The van der Waals surface area contributed by atoms with Gasteiger partial charge in [0, 0.05) is 45.8 Å². The predicted octanol–water partition coefficient (Wildman–Crippen LogP) is 1.97. The van der Waals surface area contributed by atoms with Crippen LogP contribution in [0.25, 0.3) is 0 Å². The number of rotatable bonds is 4. The van der Waals surface area contributed by atoms with Crippen LogP contribution in [0.3, 0.4) is 0 Å². The summed E-state index contributed by atoms with van der Waals surface area (Å²) in [5, 5.41) is 3.38. The van der Waals surface area contributed by atoms with E-state index >= 15 is 0 Å². The van der Waals surface area contributed by atoms with Crippen molar-refractivity contribution in [2.24, 2.45) is 4.99 Å². The molecular weight excluding hydrogens is 434 g/mol. The van der Waals surface area contributed by atoms with Gasteiger partial charge in [0.1, 0.15) is 5.82 Å². The maximum absolute atomic E-state index is 13.7. The molecule has 7 heteroatoms. The number of ether oxygens (including phenoxy) is 1. The summed E-state index contributed by atoms with van der Waals surface area (Å²) < 4.78 is 19.1. The smallest absolute Gasteiger partial charge is 0.193 e. The SMILES string of the molecule is CN=C(NCCc1ccccc1F)N1CCC(N2CCOCC2)C1.I. The van der Waals surface area contributed by atoms with Crippen molar-refractivity contribution in [2.45, 2.75) is 18.9 Å². The average Bonchev–Trinajstić information content (AvgIpc) is 3.11. The second-order valence-corrected chi connectivity index (χ2v) is 6.35. The Hall–Kier alpha value is -0.930. The van der Waals surface area contributed by atoms with E-state index in [1.165, 1.54) is 6.07 Å². The number of hydrogen-bond donors (Lipinski definition) is 1. The number of morpholine rings is 1. The van der Waals surface area contributed by atoms with E-state index in [-0.39, 0.29) is 29.8 Å². The third-order valence-corrected chi connectivity index (χ3v) is 4.87. The molecule has 1 N–H and O–H groups in total. The molecule has 140 valence electrons. The van der Waals surface area contributed by atoms with E-state index < -0.39 is 0 Å². The number of aliphatic imine (C=N–C) groups is 1. The standard InChI is InChI=1S/C18H27FN4O.HI/c1-20-18(21-8-6-15-4-2-3-5-17(15)19)23-9-7-16(14-23)22-10-12-24-13-11-22;/h2-5,16H,6-14H2,1H3,(H,20,21);1H. The molecule has 2 heterocycles. The number of nitrogens with zero attached hydrogens (tertiary/aromatic N) is 3. The number of nitrogens with one attached hydrogen (secondary N) is 1. The highest BCUT2D eigenvalue weighted by atomic mass is 127. The van der Waals surface area contributed by atoms with Gasteiger partial charge in [0.25, 0.3) is 0 Å². The number of benzene rings is 1. The summed E-state index contributed by atoms with van der Waals surface area (Å²) in [6, 6.07) is 7.53. The molecule has 2 aliphatic heterocycles. The van der Waals surface area contributed by atoms with Gasteiger partial charge in [0.2, 0.25) is 0 Å². The van der Waals surface area contributed by atoms with Gasteiger partial charge in [-0.2, -0.15) is 0 Å². The Kier molecular flexibility index (Phi) is 8.38. The van der Waals surface area contributed by atoms with Gasteiger partial charge in [-0.05, 0) is 24.5 Å². The Morgan fingerprint density at radius 3 is 2.76 bits per heavy atom. The Labute approximate surface area is 166 Å². The van der Waals surface area contributed by atoms with Gasteiger partial charge in [-0.3, -0.25) is 9.89 Å². The zero-order chi connectivity index (χ0) is 16.8. The van der Waals surface area contributed by atoms with Crippen LogP contribution < -0.4 is 5.32 Å². The molecule has 1 aromatic rings. The van der Waals surface area contributed by atoms with Crippen LogP contribution in [0.1, 0.15) is 12.0 Å². The molecule has 0 bridgehead atoms. The van der Waals surface area contributed by atoms with Crippen molar-refractivity contribution < 1.29 is 9.13 Å². The molecule has 2 fully saturated rings. The van der Waals surface area contributed by atoms with E-state index in [1.54, 1.807) is 6.07 Å². The van der Waals surface area contributed by atoms with Crippen molar-refractivity contribution in [2.75, 3.05) is 53.0 Å². The Bertz CT molecular complexity index is 566. The van der Waals surface area contributed by atoms with Gasteiger partial charge in [0.15, 0.2) is 5.96 Å². The van der Waals surface area contributed by atoms with Crippen molar-refractivity contribution in [1.82, 2.24) is 15.1 Å². The molecule has 1 atom stereocenters. The summed E-state index contributed by atoms with van der Waals surface area (Å²) in [5.41, 5.74) is 0.744. The zero-order valence-corrected chi connectivity index (χ0v) is 17.1. The molecule has 0 saturated carbocycles. The topological polar surface area (TPSA) is 40.1 Å². The molecule has 2 saturated heterocycles. The van der Waals surface area contributed by atoms with E-state index in [2.05, 4.69) is 20.1 Å². The summed E-state index contributed by atoms with van der Waals surface area (Å²) in [6.07, 6.45) is 1.82. The van der Waals surface area contributed by atoms with Crippen LogP contribution in [-0.4, -0.2) is 74.8 Å². The lowest BCUT2D eigenvalue weighted by Crippen LogP contribution is -2.46. The largest absolute Gasteiger partial charge is 0.379 e. The maximum Gasteiger partial charge on any atom is 0.193 e. The first-order chi connectivity index (χ1) is 11.8. The number of halogens is 2. The Balaban J connectivity index is 0.00000225. The van der Waals surface area contributed by atoms with Crippen molar-refractivity contribution >= 4 is 29.9 Å². The summed E-state index contributed by atoms with van der Waals surface area (Å²) in [4.78, 5) is 9.23.